The van der Waals surface area contributed by atoms with Crippen molar-refractivity contribution >= 4 is 11.0 Å². The zero-order chi connectivity index (χ0) is 45.9. The summed E-state index contributed by atoms with van der Waals surface area (Å²) in [5.41, 5.74) is 13.6. The predicted octanol–water partition coefficient (Wildman–Crippen LogP) is 15.2. The number of rotatable bonds is 9. The third-order valence-electron chi connectivity index (χ3n) is 11.5. The van der Waals surface area contributed by atoms with E-state index in [0.717, 1.165) is 72.4 Å². The molecule has 8 rings (SSSR count). The second kappa shape index (κ2) is 17.4. The van der Waals surface area contributed by atoms with E-state index in [9.17, 15) is 5.11 Å². The van der Waals surface area contributed by atoms with Gasteiger partial charge in [-0.3, -0.25) is 9.55 Å². The van der Waals surface area contributed by atoms with Crippen LogP contribution < -0.4 is 0 Å². The number of aromatic nitrogens is 3. The third kappa shape index (κ3) is 8.79. The van der Waals surface area contributed by atoms with Crippen molar-refractivity contribution in [2.75, 3.05) is 0 Å². The molecular formula is C56H56N3OPt-. The summed E-state index contributed by atoms with van der Waals surface area (Å²) in [7, 11) is 0. The maximum atomic E-state index is 12.2. The molecule has 61 heavy (non-hydrogen) atoms. The Hall–Kier alpha value is -5.57. The van der Waals surface area contributed by atoms with Gasteiger partial charge in [-0.05, 0) is 105 Å². The van der Waals surface area contributed by atoms with E-state index in [1.807, 2.05) is 97.4 Å². The van der Waals surface area contributed by atoms with E-state index in [0.29, 0.717) is 22.6 Å². The largest absolute Gasteiger partial charge is 0.507 e. The molecule has 5 heteroatoms. The Morgan fingerprint density at radius 1 is 0.672 bits per heavy atom. The summed E-state index contributed by atoms with van der Waals surface area (Å²) in [5, 5.41) is 12.2. The van der Waals surface area contributed by atoms with Crippen LogP contribution in [0.2, 0.25) is 0 Å². The maximum Gasteiger partial charge on any atom is 0.148 e. The number of hydrogen-bond donors (Lipinski definition) is 1. The number of hydrogen-bond acceptors (Lipinski definition) is 3. The van der Waals surface area contributed by atoms with Crippen LogP contribution in [0.15, 0.2) is 134 Å². The quantitative estimate of drug-likeness (QED) is 0.147. The van der Waals surface area contributed by atoms with Gasteiger partial charge < -0.3 is 5.11 Å². The Labute approximate surface area is 382 Å². The van der Waals surface area contributed by atoms with Gasteiger partial charge in [0, 0.05) is 44.1 Å². The molecule has 312 valence electrons. The first-order valence-corrected chi connectivity index (χ1v) is 20.9. The molecule has 0 saturated heterocycles. The maximum absolute atomic E-state index is 12.2. The van der Waals surface area contributed by atoms with Crippen LogP contribution in [0.3, 0.4) is 0 Å². The second-order valence-electron chi connectivity index (χ2n) is 17.8. The van der Waals surface area contributed by atoms with Gasteiger partial charge in [-0.1, -0.05) is 158 Å². The first-order chi connectivity index (χ1) is 30.2. The Bertz CT molecular complexity index is 3010. The van der Waals surface area contributed by atoms with Crippen LogP contribution in [0.25, 0.3) is 72.7 Å². The van der Waals surface area contributed by atoms with Gasteiger partial charge in [0.25, 0.3) is 0 Å². The number of pyridine rings is 1. The van der Waals surface area contributed by atoms with E-state index in [-0.39, 0.29) is 49.6 Å². The Morgan fingerprint density at radius 3 is 2.07 bits per heavy atom. The van der Waals surface area contributed by atoms with Crippen molar-refractivity contribution in [1.82, 2.24) is 14.5 Å². The van der Waals surface area contributed by atoms with Crippen LogP contribution in [-0.4, -0.2) is 19.6 Å². The molecule has 8 aromatic rings. The van der Waals surface area contributed by atoms with E-state index in [1.165, 1.54) is 0 Å². The van der Waals surface area contributed by atoms with Crippen LogP contribution >= 0.6 is 0 Å². The molecule has 0 aliphatic rings. The molecule has 2 aromatic heterocycles. The minimum atomic E-state index is -2.39. The molecule has 0 aliphatic heterocycles. The van der Waals surface area contributed by atoms with Crippen molar-refractivity contribution in [3.63, 3.8) is 0 Å². The summed E-state index contributed by atoms with van der Waals surface area (Å²) in [6.45, 7) is 16.4. The van der Waals surface area contributed by atoms with E-state index < -0.39 is 12.7 Å². The molecule has 0 saturated carbocycles. The number of imidazole rings is 1. The average Bonchev–Trinajstić information content (AvgIpc) is 3.65. The molecule has 0 spiro atoms. The first-order valence-electron chi connectivity index (χ1n) is 22.9. The topological polar surface area (TPSA) is 50.9 Å². The number of fused-ring (bicyclic) bond motifs is 1. The molecule has 0 unspecified atom stereocenters. The van der Waals surface area contributed by atoms with Crippen LogP contribution in [0, 0.1) is 12.9 Å². The van der Waals surface area contributed by atoms with Gasteiger partial charge in [0.2, 0.25) is 0 Å². The fourth-order valence-electron chi connectivity index (χ4n) is 7.96. The number of benzene rings is 6. The summed E-state index contributed by atoms with van der Waals surface area (Å²) in [6, 6.07) is 45.9. The molecule has 6 aromatic carbocycles. The van der Waals surface area contributed by atoms with Gasteiger partial charge in [-0.2, -0.15) is 0 Å². The van der Waals surface area contributed by atoms with Crippen molar-refractivity contribution in [2.45, 2.75) is 92.3 Å². The Balaban J connectivity index is 0.00000630. The summed E-state index contributed by atoms with van der Waals surface area (Å²) in [5.74, 6) is 0.170. The normalized spacial score (nSPS) is 13.2. The molecule has 0 atom stereocenters. The zero-order valence-corrected chi connectivity index (χ0v) is 38.7. The summed E-state index contributed by atoms with van der Waals surface area (Å²) in [6.07, 6.45) is 1.83. The van der Waals surface area contributed by atoms with Crippen molar-refractivity contribution in [1.29, 1.82) is 0 Å². The summed E-state index contributed by atoms with van der Waals surface area (Å²) >= 11 is 0. The molecule has 0 amide bonds. The number of phenolic OH excluding ortho intramolecular Hbond substituents is 1. The second-order valence-corrected chi connectivity index (χ2v) is 17.8. The molecule has 1 N–H and O–H groups in total. The molecule has 0 fully saturated rings. The van der Waals surface area contributed by atoms with Crippen LogP contribution in [0.5, 0.6) is 5.75 Å². The fraction of sp³-hybridized carbons (Fsp3) is 0.250. The number of aromatic hydroxyl groups is 1. The van der Waals surface area contributed by atoms with Crippen molar-refractivity contribution < 1.29 is 31.7 Å². The number of aryl methyl sites for hydroxylation is 1. The molecular weight excluding hydrogens is 926 g/mol. The first kappa shape index (κ1) is 38.4. The molecule has 0 aliphatic carbocycles. The minimum absolute atomic E-state index is 0. The van der Waals surface area contributed by atoms with Crippen molar-refractivity contribution in [2.24, 2.45) is 0 Å². The van der Waals surface area contributed by atoms with Crippen LogP contribution in [-0.2, 0) is 26.5 Å². The minimum Gasteiger partial charge on any atom is -0.507 e. The van der Waals surface area contributed by atoms with Gasteiger partial charge in [-0.25, -0.2) is 4.98 Å². The van der Waals surface area contributed by atoms with Gasteiger partial charge in [0.05, 0.1) is 16.6 Å². The molecule has 0 radical (unpaired) electrons. The van der Waals surface area contributed by atoms with E-state index >= 15 is 0 Å². The van der Waals surface area contributed by atoms with E-state index in [4.69, 9.17) is 15.5 Å². The number of phenols is 1. The Kier molecular flexibility index (Phi) is 11.0. The molecule has 0 bridgehead atoms. The smallest absolute Gasteiger partial charge is 0.148 e. The summed E-state index contributed by atoms with van der Waals surface area (Å²) < 4.78 is 36.2. The average molecular weight is 986 g/mol. The third-order valence-corrected chi connectivity index (χ3v) is 11.5. The van der Waals surface area contributed by atoms with Crippen LogP contribution in [0.4, 0.5) is 0 Å². The molecule has 2 heterocycles. The predicted molar refractivity (Wildman–Crippen MR) is 252 cm³/mol. The number of para-hydroxylation sites is 1. The number of nitrogens with zero attached hydrogens (tertiary/aromatic N) is 3. The van der Waals surface area contributed by atoms with Crippen LogP contribution in [0.1, 0.15) is 113 Å². The van der Waals surface area contributed by atoms with Gasteiger partial charge in [-0.15, -0.1) is 29.3 Å². The zero-order valence-electron chi connectivity index (χ0n) is 40.5. The van der Waals surface area contributed by atoms with E-state index in [2.05, 4.69) is 97.0 Å². The standard InChI is InChI=1S/C56H56N3O.Pt/c1-34(2)38-19-21-40(22-20-38)41-23-24-57-51(33-41)45-27-44(28-46(29-45)56(8,9)10)48-17-14-18-52-53(48)58-55(50-32-42(35(3)4)31-49(36(5)6)54(50)60)59(52)47-26-37(7)25-43(30-47)39-15-12-11-13-16-39;/h11-26,28-36,60H,1-10H3;/q-1;/i7D3,34D;. The monoisotopic (exact) mass is 985 g/mol. The van der Waals surface area contributed by atoms with Gasteiger partial charge >= 0.3 is 0 Å². The van der Waals surface area contributed by atoms with Gasteiger partial charge in [0.15, 0.2) is 0 Å². The summed E-state index contributed by atoms with van der Waals surface area (Å²) in [4.78, 5) is 10.3. The van der Waals surface area contributed by atoms with E-state index in [1.54, 1.807) is 12.1 Å². The molecule has 4 nitrogen and oxygen atoms in total. The fourth-order valence-corrected chi connectivity index (χ4v) is 7.96. The van der Waals surface area contributed by atoms with Gasteiger partial charge in [0.1, 0.15) is 11.6 Å². The van der Waals surface area contributed by atoms with Crippen molar-refractivity contribution in [3.05, 3.63) is 167 Å². The Morgan fingerprint density at radius 2 is 1.39 bits per heavy atom. The van der Waals surface area contributed by atoms with Crippen molar-refractivity contribution in [3.8, 4) is 67.5 Å². The SMILES string of the molecule is [2H]C([2H])([2H])c1cc(-c2ccccc2)cc(-n2c(-c3cc(C(C)C)cc(C(C)C)c3O)nc3c(-c4[c-]c(-c5cc(-c6ccc(C([2H])(C)C)cc6)ccn5)cc(C(C)(C)C)c4)cccc32)c1.[Pt].